The van der Waals surface area contributed by atoms with Crippen molar-refractivity contribution in [1.29, 1.82) is 0 Å². The minimum atomic E-state index is -0.453. The van der Waals surface area contributed by atoms with Crippen molar-refractivity contribution in [2.75, 3.05) is 10.6 Å². The van der Waals surface area contributed by atoms with Crippen LogP contribution in [0.15, 0.2) is 103 Å². The van der Waals surface area contributed by atoms with Gasteiger partial charge in [0.1, 0.15) is 11.2 Å². The van der Waals surface area contributed by atoms with E-state index >= 15 is 0 Å². The summed E-state index contributed by atoms with van der Waals surface area (Å²) in [5.74, 6) is -0.652. The normalized spacial score (nSPS) is 10.8. The van der Waals surface area contributed by atoms with Gasteiger partial charge in [0.25, 0.3) is 11.8 Å². The lowest BCUT2D eigenvalue weighted by Crippen LogP contribution is -2.13. The molecule has 0 saturated carbocycles. The van der Waals surface area contributed by atoms with Crippen LogP contribution in [0.3, 0.4) is 0 Å². The standard InChI is InChI=1S/C26H16N2O6/c29-23-11-3-15-13-17(1-9-21(15)33-23)25(31)27-19-5-7-20(8-6-19)28-26(32)18-2-10-22-16(14-18)4-12-24(30)34-22/h1-14H,(H,27,31)(H,28,32). The molecule has 5 rings (SSSR count). The van der Waals surface area contributed by atoms with Gasteiger partial charge < -0.3 is 19.5 Å². The van der Waals surface area contributed by atoms with Crippen molar-refractivity contribution in [3.63, 3.8) is 0 Å². The summed E-state index contributed by atoms with van der Waals surface area (Å²) >= 11 is 0. The van der Waals surface area contributed by atoms with E-state index in [0.29, 0.717) is 44.4 Å². The monoisotopic (exact) mass is 452 g/mol. The molecule has 2 aromatic heterocycles. The second-order valence-corrected chi connectivity index (χ2v) is 7.50. The molecular formula is C26H16N2O6. The molecule has 166 valence electrons. The molecule has 3 aromatic carbocycles. The highest BCUT2D eigenvalue weighted by molar-refractivity contribution is 6.07. The summed E-state index contributed by atoms with van der Waals surface area (Å²) in [6.45, 7) is 0. The SMILES string of the molecule is O=C(Nc1ccc(NC(=O)c2ccc3oc(=O)ccc3c2)cc1)c1ccc2oc(=O)ccc2c1. The first-order chi connectivity index (χ1) is 16.4. The predicted octanol–water partition coefficient (Wildman–Crippen LogP) is 4.40. The lowest BCUT2D eigenvalue weighted by Gasteiger charge is -2.09. The Morgan fingerprint density at radius 1 is 0.529 bits per heavy atom. The molecule has 0 aliphatic rings. The number of carbonyl (C=O) groups excluding carboxylic acids is 2. The van der Waals surface area contributed by atoms with Crippen LogP contribution in [0.4, 0.5) is 11.4 Å². The highest BCUT2D eigenvalue weighted by atomic mass is 16.4. The lowest BCUT2D eigenvalue weighted by atomic mass is 10.1. The first-order valence-electron chi connectivity index (χ1n) is 10.3. The Morgan fingerprint density at radius 3 is 1.35 bits per heavy atom. The van der Waals surface area contributed by atoms with Crippen molar-refractivity contribution < 1.29 is 18.4 Å². The first kappa shape index (κ1) is 20.9. The molecule has 2 heterocycles. The number of hydrogen-bond acceptors (Lipinski definition) is 6. The molecule has 0 aliphatic heterocycles. The fourth-order valence-corrected chi connectivity index (χ4v) is 3.47. The Hall–Kier alpha value is -4.98. The van der Waals surface area contributed by atoms with Gasteiger partial charge >= 0.3 is 11.3 Å². The van der Waals surface area contributed by atoms with Crippen LogP contribution in [0, 0.1) is 0 Å². The molecular weight excluding hydrogens is 436 g/mol. The third-order valence-corrected chi connectivity index (χ3v) is 5.16. The summed E-state index contributed by atoms with van der Waals surface area (Å²) in [7, 11) is 0. The fraction of sp³-hybridized carbons (Fsp3) is 0. The van der Waals surface area contributed by atoms with Gasteiger partial charge in [-0.2, -0.15) is 0 Å². The summed E-state index contributed by atoms with van der Waals surface area (Å²) in [5, 5.41) is 6.86. The third-order valence-electron chi connectivity index (χ3n) is 5.16. The second-order valence-electron chi connectivity index (χ2n) is 7.50. The van der Waals surface area contributed by atoms with Crippen LogP contribution in [0.5, 0.6) is 0 Å². The fourth-order valence-electron chi connectivity index (χ4n) is 3.47. The molecule has 0 atom stereocenters. The van der Waals surface area contributed by atoms with Gasteiger partial charge in [0.05, 0.1) is 0 Å². The van der Waals surface area contributed by atoms with Crippen molar-refractivity contribution in [1.82, 2.24) is 0 Å². The Bertz CT molecular complexity index is 1560. The maximum Gasteiger partial charge on any atom is 0.336 e. The maximum atomic E-state index is 12.6. The Labute approximate surface area is 191 Å². The second kappa shape index (κ2) is 8.51. The van der Waals surface area contributed by atoms with E-state index in [1.165, 1.54) is 12.1 Å². The molecule has 0 spiro atoms. The van der Waals surface area contributed by atoms with Gasteiger partial charge in [-0.05, 0) is 72.8 Å². The maximum absolute atomic E-state index is 12.6. The van der Waals surface area contributed by atoms with Crippen LogP contribution in [0.2, 0.25) is 0 Å². The van der Waals surface area contributed by atoms with Gasteiger partial charge in [0.2, 0.25) is 0 Å². The predicted molar refractivity (Wildman–Crippen MR) is 127 cm³/mol. The molecule has 0 fully saturated rings. The lowest BCUT2D eigenvalue weighted by molar-refractivity contribution is 0.101. The molecule has 2 N–H and O–H groups in total. The van der Waals surface area contributed by atoms with Crippen LogP contribution in [-0.2, 0) is 0 Å². The van der Waals surface area contributed by atoms with Crippen molar-refractivity contribution >= 4 is 45.1 Å². The van der Waals surface area contributed by atoms with Crippen LogP contribution in [-0.4, -0.2) is 11.8 Å². The van der Waals surface area contributed by atoms with Gasteiger partial charge in [0.15, 0.2) is 0 Å². The highest BCUT2D eigenvalue weighted by Crippen LogP contribution is 2.19. The number of hydrogen-bond donors (Lipinski definition) is 2. The minimum Gasteiger partial charge on any atom is -0.423 e. The molecule has 8 heteroatoms. The number of anilines is 2. The molecule has 8 nitrogen and oxygen atoms in total. The zero-order valence-corrected chi connectivity index (χ0v) is 17.5. The number of rotatable bonds is 4. The number of amides is 2. The molecule has 0 unspecified atom stereocenters. The summed E-state index contributed by atoms with van der Waals surface area (Å²) in [6.07, 6.45) is 0. The smallest absolute Gasteiger partial charge is 0.336 e. The molecule has 34 heavy (non-hydrogen) atoms. The van der Waals surface area contributed by atoms with Crippen molar-refractivity contribution in [3.8, 4) is 0 Å². The molecule has 0 aliphatic carbocycles. The van der Waals surface area contributed by atoms with Crippen LogP contribution in [0.1, 0.15) is 20.7 Å². The quantitative estimate of drug-likeness (QED) is 0.390. The van der Waals surface area contributed by atoms with Gasteiger partial charge in [-0.25, -0.2) is 9.59 Å². The summed E-state index contributed by atoms with van der Waals surface area (Å²) in [5.41, 5.74) is 1.81. The summed E-state index contributed by atoms with van der Waals surface area (Å²) < 4.78 is 10.2. The third kappa shape index (κ3) is 4.33. The highest BCUT2D eigenvalue weighted by Gasteiger charge is 2.10. The topological polar surface area (TPSA) is 119 Å². The number of carbonyl (C=O) groups is 2. The van der Waals surface area contributed by atoms with Gasteiger partial charge in [-0.15, -0.1) is 0 Å². The largest absolute Gasteiger partial charge is 0.423 e. The van der Waals surface area contributed by atoms with E-state index in [-0.39, 0.29) is 11.8 Å². The number of benzene rings is 3. The number of nitrogens with one attached hydrogen (secondary N) is 2. The van der Waals surface area contributed by atoms with E-state index < -0.39 is 11.3 Å². The van der Waals surface area contributed by atoms with E-state index in [4.69, 9.17) is 8.83 Å². The summed E-state index contributed by atoms with van der Waals surface area (Å²) in [4.78, 5) is 47.8. The van der Waals surface area contributed by atoms with E-state index in [9.17, 15) is 19.2 Å². The van der Waals surface area contributed by atoms with Crippen molar-refractivity contribution in [2.45, 2.75) is 0 Å². The van der Waals surface area contributed by atoms with E-state index in [1.54, 1.807) is 72.8 Å². The Morgan fingerprint density at radius 2 is 0.941 bits per heavy atom. The van der Waals surface area contributed by atoms with E-state index in [2.05, 4.69) is 10.6 Å². The Kier molecular flexibility index (Phi) is 5.23. The van der Waals surface area contributed by atoms with Gasteiger partial charge in [-0.3, -0.25) is 9.59 Å². The summed E-state index contributed by atoms with van der Waals surface area (Å²) in [6, 6.07) is 22.0. The molecule has 0 saturated heterocycles. The molecule has 2 amide bonds. The average Bonchev–Trinajstić information content (AvgIpc) is 2.84. The molecule has 0 bridgehead atoms. The van der Waals surface area contributed by atoms with Crippen molar-refractivity contribution in [2.24, 2.45) is 0 Å². The zero-order valence-electron chi connectivity index (χ0n) is 17.5. The van der Waals surface area contributed by atoms with Crippen molar-refractivity contribution in [3.05, 3.63) is 117 Å². The van der Waals surface area contributed by atoms with Crippen LogP contribution in [0.25, 0.3) is 21.9 Å². The zero-order chi connectivity index (χ0) is 23.7. The van der Waals surface area contributed by atoms with Gasteiger partial charge in [0, 0.05) is 45.4 Å². The van der Waals surface area contributed by atoms with Crippen LogP contribution >= 0.6 is 0 Å². The van der Waals surface area contributed by atoms with Gasteiger partial charge in [-0.1, -0.05) is 0 Å². The van der Waals surface area contributed by atoms with Crippen LogP contribution < -0.4 is 21.9 Å². The first-order valence-corrected chi connectivity index (χ1v) is 10.3. The minimum absolute atomic E-state index is 0.326. The van der Waals surface area contributed by atoms with E-state index in [1.807, 2.05) is 0 Å². The molecule has 0 radical (unpaired) electrons. The Balaban J connectivity index is 1.27. The average molecular weight is 452 g/mol. The number of fused-ring (bicyclic) bond motifs is 2. The molecule has 5 aromatic rings. The van der Waals surface area contributed by atoms with E-state index in [0.717, 1.165) is 0 Å².